The van der Waals surface area contributed by atoms with Crippen LogP contribution in [0.3, 0.4) is 0 Å². The molecule has 9 unspecified atom stereocenters. The predicted molar refractivity (Wildman–Crippen MR) is 265 cm³/mol. The first-order valence-corrected chi connectivity index (χ1v) is 26.5. The van der Waals surface area contributed by atoms with E-state index in [4.69, 9.17) is 9.47 Å². The smallest absolute Gasteiger partial charge is 0.249 e. The molecule has 11 heteroatoms. The summed E-state index contributed by atoms with van der Waals surface area (Å²) in [5.41, 5.74) is 0. The molecule has 9 atom stereocenters. The van der Waals surface area contributed by atoms with Crippen LogP contribution < -0.4 is 5.32 Å². The average Bonchev–Trinajstić information content (AvgIpc) is 3.31. The van der Waals surface area contributed by atoms with E-state index < -0.39 is 74.2 Å². The highest BCUT2D eigenvalue weighted by Crippen LogP contribution is 2.23. The van der Waals surface area contributed by atoms with Gasteiger partial charge in [0.25, 0.3) is 0 Å². The Morgan fingerprint density at radius 1 is 0.523 bits per heavy atom. The van der Waals surface area contributed by atoms with Gasteiger partial charge in [-0.2, -0.15) is 0 Å². The van der Waals surface area contributed by atoms with Crippen molar-refractivity contribution in [3.05, 3.63) is 48.6 Å². The maximum Gasteiger partial charge on any atom is 0.249 e. The van der Waals surface area contributed by atoms with E-state index in [9.17, 15) is 40.5 Å². The summed E-state index contributed by atoms with van der Waals surface area (Å²) in [4.78, 5) is 13.0. The minimum Gasteiger partial charge on any atom is -0.394 e. The molecule has 380 valence electrons. The summed E-state index contributed by atoms with van der Waals surface area (Å²) in [6, 6.07) is -1.21. The van der Waals surface area contributed by atoms with Crippen molar-refractivity contribution in [3.8, 4) is 0 Å². The number of hydrogen-bond donors (Lipinski definition) is 8. The lowest BCUT2D eigenvalue weighted by molar-refractivity contribution is -0.303. The maximum absolute atomic E-state index is 13.0. The van der Waals surface area contributed by atoms with E-state index in [1.165, 1.54) is 135 Å². The Morgan fingerprint density at radius 2 is 0.923 bits per heavy atom. The third kappa shape index (κ3) is 32.5. The van der Waals surface area contributed by atoms with Gasteiger partial charge in [-0.05, 0) is 83.5 Å². The first-order chi connectivity index (χ1) is 31.7. The molecule has 1 fully saturated rings. The minimum absolute atomic E-state index is 0.162. The highest BCUT2D eigenvalue weighted by Gasteiger charge is 2.44. The summed E-state index contributed by atoms with van der Waals surface area (Å²) in [6.07, 6.45) is 42.3. The SMILES string of the molecule is CCCCCC/C=C\CCC(O)C(=O)NC(COC1OC(CO)C(O)C(O)C1O)C(O)C(O)CCC/C=C/CC/C=C/CC/C=C/CCCCCCCCCCCCCCCCCCC. The number of amides is 1. The molecule has 0 bridgehead atoms. The Labute approximate surface area is 396 Å². The molecule has 1 amide bonds. The molecule has 0 saturated carbocycles. The molecule has 8 N–H and O–H groups in total. The normalized spacial score (nSPS) is 21.3. The van der Waals surface area contributed by atoms with Crippen molar-refractivity contribution in [1.29, 1.82) is 0 Å². The third-order valence-electron chi connectivity index (χ3n) is 12.6. The van der Waals surface area contributed by atoms with Crippen LogP contribution in [0.4, 0.5) is 0 Å². The second kappa shape index (κ2) is 43.4. The van der Waals surface area contributed by atoms with Gasteiger partial charge < -0.3 is 50.5 Å². The zero-order valence-electron chi connectivity index (χ0n) is 41.2. The number of aliphatic hydroxyl groups excluding tert-OH is 7. The van der Waals surface area contributed by atoms with E-state index in [2.05, 4.69) is 55.6 Å². The summed E-state index contributed by atoms with van der Waals surface area (Å²) in [5.74, 6) is -0.751. The second-order valence-corrected chi connectivity index (χ2v) is 18.6. The third-order valence-corrected chi connectivity index (χ3v) is 12.6. The molecule has 0 aromatic rings. The maximum atomic E-state index is 13.0. The van der Waals surface area contributed by atoms with E-state index in [1.807, 2.05) is 12.2 Å². The van der Waals surface area contributed by atoms with Crippen LogP contribution in [0.2, 0.25) is 0 Å². The number of hydrogen-bond acceptors (Lipinski definition) is 10. The van der Waals surface area contributed by atoms with Crippen LogP contribution >= 0.6 is 0 Å². The van der Waals surface area contributed by atoms with Crippen molar-refractivity contribution in [2.75, 3.05) is 13.2 Å². The van der Waals surface area contributed by atoms with Gasteiger partial charge in [-0.15, -0.1) is 0 Å². The Balaban J connectivity index is 2.28. The highest BCUT2D eigenvalue weighted by atomic mass is 16.7. The summed E-state index contributed by atoms with van der Waals surface area (Å²) >= 11 is 0. The van der Waals surface area contributed by atoms with Gasteiger partial charge in [-0.3, -0.25) is 4.79 Å². The van der Waals surface area contributed by atoms with Gasteiger partial charge in [0.2, 0.25) is 5.91 Å². The number of carbonyl (C=O) groups excluding carboxylic acids is 1. The molecule has 1 rings (SSSR count). The minimum atomic E-state index is -1.68. The molecule has 65 heavy (non-hydrogen) atoms. The van der Waals surface area contributed by atoms with Crippen LogP contribution in [0.1, 0.15) is 219 Å². The first-order valence-electron chi connectivity index (χ1n) is 26.5. The van der Waals surface area contributed by atoms with Gasteiger partial charge in [0.05, 0.1) is 25.4 Å². The van der Waals surface area contributed by atoms with Gasteiger partial charge in [-0.1, -0.05) is 184 Å². The Bertz CT molecular complexity index is 1190. The van der Waals surface area contributed by atoms with Crippen LogP contribution in [-0.4, -0.2) is 110 Å². The van der Waals surface area contributed by atoms with Crippen LogP contribution in [0, 0.1) is 0 Å². The zero-order valence-corrected chi connectivity index (χ0v) is 41.2. The fourth-order valence-corrected chi connectivity index (χ4v) is 8.18. The number of rotatable bonds is 44. The van der Waals surface area contributed by atoms with Crippen molar-refractivity contribution in [2.24, 2.45) is 0 Å². The molecule has 1 heterocycles. The lowest BCUT2D eigenvalue weighted by Gasteiger charge is -2.40. The van der Waals surface area contributed by atoms with E-state index >= 15 is 0 Å². The lowest BCUT2D eigenvalue weighted by atomic mass is 9.99. The number of aliphatic hydroxyl groups is 7. The Morgan fingerprint density at radius 3 is 1.38 bits per heavy atom. The van der Waals surface area contributed by atoms with Crippen molar-refractivity contribution in [2.45, 2.75) is 274 Å². The molecule has 1 aliphatic rings. The summed E-state index contributed by atoms with van der Waals surface area (Å²) < 4.78 is 11.0. The van der Waals surface area contributed by atoms with E-state index in [-0.39, 0.29) is 12.8 Å². The summed E-state index contributed by atoms with van der Waals surface area (Å²) in [6.45, 7) is 3.34. The van der Waals surface area contributed by atoms with Gasteiger partial charge in [0, 0.05) is 0 Å². The summed E-state index contributed by atoms with van der Waals surface area (Å²) in [7, 11) is 0. The van der Waals surface area contributed by atoms with Crippen LogP contribution in [0.15, 0.2) is 48.6 Å². The molecule has 0 spiro atoms. The van der Waals surface area contributed by atoms with Gasteiger partial charge in [-0.25, -0.2) is 0 Å². The van der Waals surface area contributed by atoms with Crippen molar-refractivity contribution < 1.29 is 50.0 Å². The van der Waals surface area contributed by atoms with Crippen LogP contribution in [-0.2, 0) is 14.3 Å². The molecule has 0 radical (unpaired) electrons. The van der Waals surface area contributed by atoms with Gasteiger partial charge in [0.15, 0.2) is 6.29 Å². The van der Waals surface area contributed by atoms with E-state index in [1.54, 1.807) is 0 Å². The topological polar surface area (TPSA) is 189 Å². The van der Waals surface area contributed by atoms with E-state index in [0.29, 0.717) is 19.3 Å². The van der Waals surface area contributed by atoms with Gasteiger partial charge >= 0.3 is 0 Å². The second-order valence-electron chi connectivity index (χ2n) is 18.6. The van der Waals surface area contributed by atoms with Crippen LogP contribution in [0.25, 0.3) is 0 Å². The van der Waals surface area contributed by atoms with Crippen molar-refractivity contribution >= 4 is 5.91 Å². The zero-order chi connectivity index (χ0) is 47.6. The van der Waals surface area contributed by atoms with E-state index in [0.717, 1.165) is 38.5 Å². The highest BCUT2D eigenvalue weighted by molar-refractivity contribution is 5.80. The van der Waals surface area contributed by atoms with Crippen molar-refractivity contribution in [1.82, 2.24) is 5.32 Å². The largest absolute Gasteiger partial charge is 0.394 e. The monoisotopic (exact) mass is 922 g/mol. The predicted octanol–water partition coefficient (Wildman–Crippen LogP) is 10.1. The standard InChI is InChI=1S/C54H99NO10/c1-3-5-7-9-11-13-14-15-16-17-18-19-20-21-22-23-24-25-26-27-28-29-30-31-32-33-34-36-37-39-41-46(57)49(59)45(44-64-54-52(62)51(61)50(60)48(43-56)65-54)55-53(63)47(58)42-40-38-35-12-10-8-6-4-2/h26-27,30-31,34-36,38,45-52,54,56-62H,3-25,28-29,32-33,37,39-44H2,1-2H3,(H,55,63)/b27-26+,31-30+,36-34+,38-35-. The quantitative estimate of drug-likeness (QED) is 0.0216. The number of carbonyl (C=O) groups is 1. The molecule has 1 aliphatic heterocycles. The molecule has 0 aliphatic carbocycles. The summed E-state index contributed by atoms with van der Waals surface area (Å²) in [5, 5.41) is 75.4. The fraction of sp³-hybridized carbons (Fsp3) is 0.833. The van der Waals surface area contributed by atoms with Crippen LogP contribution in [0.5, 0.6) is 0 Å². The molecule has 11 nitrogen and oxygen atoms in total. The molecule has 0 aromatic heterocycles. The fourth-order valence-electron chi connectivity index (χ4n) is 8.18. The van der Waals surface area contributed by atoms with Crippen molar-refractivity contribution in [3.63, 3.8) is 0 Å². The number of ether oxygens (including phenoxy) is 2. The Kier molecular flexibility index (Phi) is 40.7. The molecule has 0 aromatic carbocycles. The number of unbranched alkanes of at least 4 members (excludes halogenated alkanes) is 24. The number of nitrogens with one attached hydrogen (secondary N) is 1. The van der Waals surface area contributed by atoms with Gasteiger partial charge in [0.1, 0.15) is 36.6 Å². The first kappa shape index (κ1) is 61.1. The molecular formula is C54H99NO10. The lowest BCUT2D eigenvalue weighted by Crippen LogP contribution is -2.60. The number of allylic oxidation sites excluding steroid dienone is 8. The Hall–Kier alpha value is -1.93. The molecule has 1 saturated heterocycles. The molecular weight excluding hydrogens is 823 g/mol. The average molecular weight is 922 g/mol.